The highest BCUT2D eigenvalue weighted by Gasteiger charge is 2.18. The molecule has 0 fully saturated rings. The molecule has 1 aliphatic heterocycles. The molecule has 0 spiro atoms. The first-order valence-electron chi connectivity index (χ1n) is 5.51. The highest BCUT2D eigenvalue weighted by atomic mass is 32.2. The van der Waals surface area contributed by atoms with E-state index in [2.05, 4.69) is 10.3 Å². The molecule has 0 saturated carbocycles. The molecule has 19 heavy (non-hydrogen) atoms. The Morgan fingerprint density at radius 2 is 2.32 bits per heavy atom. The molecule has 2 heterocycles. The molecule has 0 amide bonds. The fraction of sp³-hybridized carbons (Fsp3) is 0.0833. The summed E-state index contributed by atoms with van der Waals surface area (Å²) in [6, 6.07) is 6.75. The maximum atomic E-state index is 11.0. The second-order valence-electron chi connectivity index (χ2n) is 3.79. The zero-order chi connectivity index (χ0) is 13.2. The molecule has 3 rings (SSSR count). The molecule has 96 valence electrons. The third kappa shape index (κ3) is 2.39. The van der Waals surface area contributed by atoms with Crippen molar-refractivity contribution in [2.75, 3.05) is 0 Å². The van der Waals surface area contributed by atoms with Gasteiger partial charge in [0.15, 0.2) is 0 Å². The number of thioether (sulfide) groups is 2. The number of non-ortho nitro benzene ring substituents is 1. The van der Waals surface area contributed by atoms with Crippen LogP contribution >= 0.6 is 23.5 Å². The third-order valence-electron chi connectivity index (χ3n) is 2.64. The van der Waals surface area contributed by atoms with Crippen molar-refractivity contribution >= 4 is 40.1 Å². The van der Waals surface area contributed by atoms with Crippen LogP contribution in [0.5, 0.6) is 0 Å². The average molecular weight is 291 g/mol. The minimum Gasteiger partial charge on any atom is -0.370 e. The van der Waals surface area contributed by atoms with Crippen molar-refractivity contribution in [2.24, 2.45) is 0 Å². The van der Waals surface area contributed by atoms with Gasteiger partial charge in [-0.1, -0.05) is 23.5 Å². The van der Waals surface area contributed by atoms with E-state index in [4.69, 9.17) is 0 Å². The van der Waals surface area contributed by atoms with Gasteiger partial charge in [-0.25, -0.2) is 0 Å². The van der Waals surface area contributed by atoms with Crippen molar-refractivity contribution in [3.63, 3.8) is 0 Å². The number of nitrogens with zero attached hydrogens (tertiary/aromatic N) is 2. The number of fused-ring (bicyclic) bond motifs is 1. The Morgan fingerprint density at radius 1 is 1.42 bits per heavy atom. The molecule has 7 heteroatoms. The van der Waals surface area contributed by atoms with E-state index in [1.165, 1.54) is 0 Å². The van der Waals surface area contributed by atoms with E-state index in [1.807, 2.05) is 11.6 Å². The molecule has 1 atom stereocenters. The lowest BCUT2D eigenvalue weighted by atomic mass is 10.2. The first-order valence-corrected chi connectivity index (χ1v) is 7.33. The Labute approximate surface area is 117 Å². The van der Waals surface area contributed by atoms with Crippen LogP contribution in [0.2, 0.25) is 0 Å². The van der Waals surface area contributed by atoms with Crippen LogP contribution in [0, 0.1) is 10.1 Å². The number of aromatic nitrogens is 1. The van der Waals surface area contributed by atoms with Crippen molar-refractivity contribution in [2.45, 2.75) is 9.60 Å². The van der Waals surface area contributed by atoms with Crippen LogP contribution in [0.25, 0.3) is 10.9 Å². The van der Waals surface area contributed by atoms with Gasteiger partial charge < -0.3 is 5.32 Å². The Kier molecular flexibility index (Phi) is 3.31. The lowest BCUT2D eigenvalue weighted by Crippen LogP contribution is -2.10. The molecule has 1 unspecified atom stereocenters. The van der Waals surface area contributed by atoms with E-state index >= 15 is 0 Å². The summed E-state index contributed by atoms with van der Waals surface area (Å²) >= 11 is 3.27. The van der Waals surface area contributed by atoms with Gasteiger partial charge in [0, 0.05) is 23.4 Å². The van der Waals surface area contributed by atoms with Crippen molar-refractivity contribution in [1.82, 2.24) is 10.3 Å². The second-order valence-corrected chi connectivity index (χ2v) is 6.26. The lowest BCUT2D eigenvalue weighted by Gasteiger charge is -2.11. The first kappa shape index (κ1) is 12.3. The van der Waals surface area contributed by atoms with Gasteiger partial charge in [-0.15, -0.1) is 0 Å². The molecule has 1 aromatic heterocycles. The molecule has 0 saturated heterocycles. The number of pyridine rings is 1. The van der Waals surface area contributed by atoms with Crippen molar-refractivity contribution in [1.29, 1.82) is 0 Å². The normalized spacial score (nSPS) is 17.6. The summed E-state index contributed by atoms with van der Waals surface area (Å²) in [5.74, 6) is 0. The zero-order valence-electron chi connectivity index (χ0n) is 9.65. The van der Waals surface area contributed by atoms with Gasteiger partial charge in [-0.2, -0.15) is 0 Å². The SMILES string of the molecule is O=[N+]([O-])c1ccc(SC2NC=CS2)c2ncccc12. The summed E-state index contributed by atoms with van der Waals surface area (Å²) in [5, 5.41) is 16.8. The van der Waals surface area contributed by atoms with Gasteiger partial charge in [0.1, 0.15) is 4.71 Å². The standard InChI is InChI=1S/C12H9N3O2S2/c16-15(17)9-3-4-10(19-12-14-6-7-18-12)11-8(9)2-1-5-13-11/h1-7,12,14H. The number of nitro groups is 1. The number of hydrogen-bond acceptors (Lipinski definition) is 6. The van der Waals surface area contributed by atoms with E-state index in [-0.39, 0.29) is 15.3 Å². The topological polar surface area (TPSA) is 68.1 Å². The number of hydrogen-bond donors (Lipinski definition) is 1. The Morgan fingerprint density at radius 3 is 3.05 bits per heavy atom. The monoisotopic (exact) mass is 291 g/mol. The summed E-state index contributed by atoms with van der Waals surface area (Å²) in [6.45, 7) is 0. The Hall–Kier alpha value is -1.73. The average Bonchev–Trinajstić information content (AvgIpc) is 2.91. The van der Waals surface area contributed by atoms with Crippen LogP contribution in [-0.4, -0.2) is 14.6 Å². The minimum atomic E-state index is -0.372. The summed E-state index contributed by atoms with van der Waals surface area (Å²) < 4.78 is 0.187. The largest absolute Gasteiger partial charge is 0.370 e. The molecule has 1 aromatic carbocycles. The van der Waals surface area contributed by atoms with Crippen LogP contribution < -0.4 is 5.32 Å². The molecule has 0 radical (unpaired) electrons. The highest BCUT2D eigenvalue weighted by Crippen LogP contribution is 2.38. The number of benzene rings is 1. The van der Waals surface area contributed by atoms with Gasteiger partial charge >= 0.3 is 0 Å². The molecule has 1 N–H and O–H groups in total. The van der Waals surface area contributed by atoms with Gasteiger partial charge in [-0.05, 0) is 23.6 Å². The van der Waals surface area contributed by atoms with E-state index in [1.54, 1.807) is 54.0 Å². The number of nitrogens with one attached hydrogen (secondary N) is 1. The van der Waals surface area contributed by atoms with Crippen molar-refractivity contribution in [3.05, 3.63) is 52.2 Å². The Bertz CT molecular complexity index is 667. The molecule has 2 aromatic rings. The molecular weight excluding hydrogens is 282 g/mol. The van der Waals surface area contributed by atoms with E-state index in [0.29, 0.717) is 10.9 Å². The van der Waals surface area contributed by atoms with Crippen molar-refractivity contribution < 1.29 is 4.92 Å². The van der Waals surface area contributed by atoms with E-state index in [0.717, 1.165) is 4.90 Å². The maximum absolute atomic E-state index is 11.0. The predicted molar refractivity (Wildman–Crippen MR) is 77.9 cm³/mol. The molecule has 5 nitrogen and oxygen atoms in total. The lowest BCUT2D eigenvalue weighted by molar-refractivity contribution is -0.383. The van der Waals surface area contributed by atoms with Gasteiger partial charge in [0.2, 0.25) is 0 Å². The Balaban J connectivity index is 2.05. The summed E-state index contributed by atoms with van der Waals surface area (Å²) in [4.78, 5) is 15.9. The zero-order valence-corrected chi connectivity index (χ0v) is 11.3. The maximum Gasteiger partial charge on any atom is 0.278 e. The van der Waals surface area contributed by atoms with Gasteiger partial charge in [0.05, 0.1) is 15.8 Å². The molecule has 1 aliphatic rings. The van der Waals surface area contributed by atoms with E-state index in [9.17, 15) is 10.1 Å². The third-order valence-corrected chi connectivity index (χ3v) is 4.87. The van der Waals surface area contributed by atoms with Crippen LogP contribution in [0.15, 0.2) is 47.0 Å². The van der Waals surface area contributed by atoms with Crippen LogP contribution in [-0.2, 0) is 0 Å². The highest BCUT2D eigenvalue weighted by molar-refractivity contribution is 8.18. The minimum absolute atomic E-state index is 0.0950. The van der Waals surface area contributed by atoms with Gasteiger partial charge in [-0.3, -0.25) is 15.1 Å². The van der Waals surface area contributed by atoms with Crippen LogP contribution in [0.4, 0.5) is 5.69 Å². The summed E-state index contributed by atoms with van der Waals surface area (Å²) in [7, 11) is 0. The van der Waals surface area contributed by atoms with Crippen LogP contribution in [0.3, 0.4) is 0 Å². The summed E-state index contributed by atoms with van der Waals surface area (Å²) in [6.07, 6.45) is 3.55. The molecule has 0 aliphatic carbocycles. The smallest absolute Gasteiger partial charge is 0.278 e. The van der Waals surface area contributed by atoms with E-state index < -0.39 is 0 Å². The molecule has 0 bridgehead atoms. The fourth-order valence-corrected chi connectivity index (χ4v) is 3.81. The number of rotatable bonds is 3. The quantitative estimate of drug-likeness (QED) is 0.691. The van der Waals surface area contributed by atoms with Crippen molar-refractivity contribution in [3.8, 4) is 0 Å². The number of nitro benzene ring substituents is 1. The predicted octanol–water partition coefficient (Wildman–Crippen LogP) is 3.33. The molecular formula is C12H9N3O2S2. The fourth-order valence-electron chi connectivity index (χ4n) is 1.83. The van der Waals surface area contributed by atoms with Crippen LogP contribution in [0.1, 0.15) is 0 Å². The van der Waals surface area contributed by atoms with Gasteiger partial charge in [0.25, 0.3) is 5.69 Å². The second kappa shape index (κ2) is 5.10. The summed E-state index contributed by atoms with van der Waals surface area (Å²) in [5.41, 5.74) is 0.772. The first-order chi connectivity index (χ1) is 9.25.